The lowest BCUT2D eigenvalue weighted by Gasteiger charge is -2.07. The first kappa shape index (κ1) is 9.68. The number of hydrogen-bond donors (Lipinski definition) is 0. The summed E-state index contributed by atoms with van der Waals surface area (Å²) in [5.41, 5.74) is 1.13. The fraction of sp³-hybridized carbons (Fsp3) is 0.0667. The van der Waals surface area contributed by atoms with E-state index in [0.29, 0.717) is 0 Å². The molecule has 0 atom stereocenters. The lowest BCUT2D eigenvalue weighted by molar-refractivity contribution is 1.51. The van der Waals surface area contributed by atoms with Gasteiger partial charge in [-0.3, -0.25) is 0 Å². The maximum atomic E-state index is 6.33. The summed E-state index contributed by atoms with van der Waals surface area (Å²) < 4.78 is 0. The Bertz CT molecular complexity index is 683. The van der Waals surface area contributed by atoms with Gasteiger partial charge in [-0.2, -0.15) is 0 Å². The van der Waals surface area contributed by atoms with Crippen LogP contribution in [0.3, 0.4) is 0 Å². The number of hydrogen-bond acceptors (Lipinski definition) is 0. The third-order valence-electron chi connectivity index (χ3n) is 3.05. The number of fused-ring (bicyclic) bond motifs is 3. The fourth-order valence-electron chi connectivity index (χ4n) is 2.16. The summed E-state index contributed by atoms with van der Waals surface area (Å²) in [4.78, 5) is 0. The maximum absolute atomic E-state index is 6.33. The van der Waals surface area contributed by atoms with Gasteiger partial charge in [-0.25, -0.2) is 0 Å². The topological polar surface area (TPSA) is 0 Å². The smallest absolute Gasteiger partial charge is 0.0513 e. The summed E-state index contributed by atoms with van der Waals surface area (Å²) >= 11 is 6.33. The molecule has 0 nitrogen and oxygen atoms in total. The molecule has 0 aromatic heterocycles. The third-order valence-corrected chi connectivity index (χ3v) is 3.56. The van der Waals surface area contributed by atoms with E-state index in [1.165, 1.54) is 16.2 Å². The SMILES string of the molecule is Cc1ccc2c(ccc3ccccc32)c1Cl. The minimum atomic E-state index is 0.864. The molecule has 0 amide bonds. The van der Waals surface area contributed by atoms with Gasteiger partial charge >= 0.3 is 0 Å². The fourth-order valence-corrected chi connectivity index (χ4v) is 2.39. The van der Waals surface area contributed by atoms with Crippen LogP contribution in [0.2, 0.25) is 5.02 Å². The van der Waals surface area contributed by atoms with E-state index < -0.39 is 0 Å². The van der Waals surface area contributed by atoms with Gasteiger partial charge < -0.3 is 0 Å². The molecule has 0 aliphatic heterocycles. The Morgan fingerprint density at radius 3 is 2.38 bits per heavy atom. The van der Waals surface area contributed by atoms with Crippen molar-refractivity contribution < 1.29 is 0 Å². The molecule has 78 valence electrons. The predicted octanol–water partition coefficient (Wildman–Crippen LogP) is 4.95. The van der Waals surface area contributed by atoms with Gasteiger partial charge in [-0.1, -0.05) is 60.1 Å². The molecule has 16 heavy (non-hydrogen) atoms. The lowest BCUT2D eigenvalue weighted by Crippen LogP contribution is -1.81. The molecule has 0 saturated heterocycles. The monoisotopic (exact) mass is 226 g/mol. The van der Waals surface area contributed by atoms with E-state index in [2.05, 4.69) is 48.5 Å². The zero-order valence-electron chi connectivity index (χ0n) is 9.00. The molecule has 0 saturated carbocycles. The van der Waals surface area contributed by atoms with Gasteiger partial charge in [-0.15, -0.1) is 0 Å². The van der Waals surface area contributed by atoms with E-state index in [4.69, 9.17) is 11.6 Å². The molecule has 3 aromatic rings. The average molecular weight is 227 g/mol. The quantitative estimate of drug-likeness (QED) is 0.476. The first-order valence-corrected chi connectivity index (χ1v) is 5.72. The molecule has 0 spiro atoms. The van der Waals surface area contributed by atoms with Gasteiger partial charge in [0.1, 0.15) is 0 Å². The summed E-state index contributed by atoms with van der Waals surface area (Å²) in [6.07, 6.45) is 0. The summed E-state index contributed by atoms with van der Waals surface area (Å²) in [5, 5.41) is 5.76. The number of rotatable bonds is 0. The number of benzene rings is 3. The van der Waals surface area contributed by atoms with Crippen molar-refractivity contribution in [1.82, 2.24) is 0 Å². The minimum absolute atomic E-state index is 0.864. The first-order valence-electron chi connectivity index (χ1n) is 5.34. The number of aryl methyl sites for hydroxylation is 1. The van der Waals surface area contributed by atoms with Gasteiger partial charge in [0, 0.05) is 5.39 Å². The highest BCUT2D eigenvalue weighted by Crippen LogP contribution is 2.31. The lowest BCUT2D eigenvalue weighted by atomic mass is 10.0. The van der Waals surface area contributed by atoms with Gasteiger partial charge in [0.2, 0.25) is 0 Å². The van der Waals surface area contributed by atoms with Crippen LogP contribution in [0, 0.1) is 6.92 Å². The summed E-state index contributed by atoms with van der Waals surface area (Å²) in [5.74, 6) is 0. The second kappa shape index (κ2) is 3.50. The molecule has 0 bridgehead atoms. The molecular weight excluding hydrogens is 216 g/mol. The van der Waals surface area contributed by atoms with Gasteiger partial charge in [0.05, 0.1) is 5.02 Å². The first-order chi connectivity index (χ1) is 7.77. The van der Waals surface area contributed by atoms with E-state index in [0.717, 1.165) is 16.0 Å². The van der Waals surface area contributed by atoms with Crippen LogP contribution in [0.15, 0.2) is 48.5 Å². The molecule has 3 rings (SSSR count). The highest BCUT2D eigenvalue weighted by atomic mass is 35.5. The number of halogens is 1. The Kier molecular flexibility index (Phi) is 2.12. The minimum Gasteiger partial charge on any atom is -0.0834 e. The summed E-state index contributed by atoms with van der Waals surface area (Å²) in [6.45, 7) is 2.04. The summed E-state index contributed by atoms with van der Waals surface area (Å²) in [7, 11) is 0. The molecule has 0 radical (unpaired) electrons. The Balaban J connectivity index is 2.58. The van der Waals surface area contributed by atoms with E-state index in [9.17, 15) is 0 Å². The molecule has 0 heterocycles. The van der Waals surface area contributed by atoms with E-state index in [-0.39, 0.29) is 0 Å². The molecular formula is C15H11Cl. The van der Waals surface area contributed by atoms with Crippen molar-refractivity contribution in [3.8, 4) is 0 Å². The highest BCUT2D eigenvalue weighted by Gasteiger charge is 2.04. The van der Waals surface area contributed by atoms with Crippen LogP contribution >= 0.6 is 11.6 Å². The molecule has 0 fully saturated rings. The third kappa shape index (κ3) is 1.30. The Labute approximate surface area is 99.5 Å². The largest absolute Gasteiger partial charge is 0.0834 e. The predicted molar refractivity (Wildman–Crippen MR) is 71.2 cm³/mol. The van der Waals surface area contributed by atoms with Crippen molar-refractivity contribution in [2.45, 2.75) is 6.92 Å². The Morgan fingerprint density at radius 2 is 1.50 bits per heavy atom. The zero-order chi connectivity index (χ0) is 11.1. The van der Waals surface area contributed by atoms with Crippen LogP contribution in [-0.4, -0.2) is 0 Å². The Morgan fingerprint density at radius 1 is 0.750 bits per heavy atom. The van der Waals surface area contributed by atoms with Crippen LogP contribution in [0.5, 0.6) is 0 Å². The normalized spacial score (nSPS) is 11.1. The molecule has 0 aliphatic rings. The van der Waals surface area contributed by atoms with Crippen molar-refractivity contribution in [2.24, 2.45) is 0 Å². The van der Waals surface area contributed by atoms with Crippen molar-refractivity contribution in [3.05, 3.63) is 59.1 Å². The Hall–Kier alpha value is -1.53. The van der Waals surface area contributed by atoms with E-state index >= 15 is 0 Å². The van der Waals surface area contributed by atoms with E-state index in [1.807, 2.05) is 6.92 Å². The molecule has 0 aliphatic carbocycles. The zero-order valence-corrected chi connectivity index (χ0v) is 9.75. The molecule has 0 N–H and O–H groups in total. The van der Waals surface area contributed by atoms with E-state index in [1.54, 1.807) is 0 Å². The van der Waals surface area contributed by atoms with Crippen molar-refractivity contribution >= 4 is 33.1 Å². The van der Waals surface area contributed by atoms with Gasteiger partial charge in [-0.05, 0) is 28.6 Å². The van der Waals surface area contributed by atoms with Crippen molar-refractivity contribution in [1.29, 1.82) is 0 Å². The average Bonchev–Trinajstić information content (AvgIpc) is 2.33. The molecule has 3 aromatic carbocycles. The van der Waals surface area contributed by atoms with Crippen molar-refractivity contribution in [3.63, 3.8) is 0 Å². The van der Waals surface area contributed by atoms with Gasteiger partial charge in [0.25, 0.3) is 0 Å². The highest BCUT2D eigenvalue weighted by molar-refractivity contribution is 6.37. The molecule has 0 unspecified atom stereocenters. The van der Waals surface area contributed by atoms with Crippen LogP contribution in [0.25, 0.3) is 21.5 Å². The second-order valence-corrected chi connectivity index (χ2v) is 4.46. The van der Waals surface area contributed by atoms with Crippen LogP contribution in [-0.2, 0) is 0 Å². The maximum Gasteiger partial charge on any atom is 0.0513 e. The standard InChI is InChI=1S/C15H11Cl/c1-10-6-8-13-12-5-3-2-4-11(12)7-9-14(13)15(10)16/h2-9H,1H3. The second-order valence-electron chi connectivity index (χ2n) is 4.08. The summed E-state index contributed by atoms with van der Waals surface area (Å²) in [6, 6.07) is 16.9. The van der Waals surface area contributed by atoms with Crippen LogP contribution in [0.1, 0.15) is 5.56 Å². The van der Waals surface area contributed by atoms with Crippen molar-refractivity contribution in [2.75, 3.05) is 0 Å². The van der Waals surface area contributed by atoms with Crippen LogP contribution in [0.4, 0.5) is 0 Å². The van der Waals surface area contributed by atoms with Crippen LogP contribution < -0.4 is 0 Å². The molecule has 1 heteroatoms. The van der Waals surface area contributed by atoms with Gasteiger partial charge in [0.15, 0.2) is 0 Å².